The Morgan fingerprint density at radius 2 is 2.08 bits per heavy atom. The first kappa shape index (κ1) is 15.8. The normalized spacial score (nSPS) is 14.5. The van der Waals surface area contributed by atoms with Crippen LogP contribution in [0.1, 0.15) is 28.4 Å². The molecule has 1 atom stereocenters. The first-order valence-corrected chi connectivity index (χ1v) is 7.40. The number of fused-ring (bicyclic) bond motifs is 1. The molecule has 1 unspecified atom stereocenters. The Morgan fingerprint density at radius 3 is 2.88 bits per heavy atom. The van der Waals surface area contributed by atoms with Crippen molar-refractivity contribution in [3.05, 3.63) is 59.2 Å². The number of aliphatic hydroxyl groups is 1. The highest BCUT2D eigenvalue weighted by Gasteiger charge is 2.26. The third-order valence-electron chi connectivity index (χ3n) is 3.84. The van der Waals surface area contributed by atoms with Gasteiger partial charge in [0.2, 0.25) is 6.79 Å². The summed E-state index contributed by atoms with van der Waals surface area (Å²) < 4.78 is 10.5. The second kappa shape index (κ2) is 6.22. The van der Waals surface area contributed by atoms with Crippen molar-refractivity contribution >= 4 is 5.91 Å². The van der Waals surface area contributed by atoms with Gasteiger partial charge in [0, 0.05) is 5.56 Å². The molecule has 0 saturated carbocycles. The van der Waals surface area contributed by atoms with Crippen molar-refractivity contribution in [2.45, 2.75) is 12.5 Å². The van der Waals surface area contributed by atoms with Crippen LogP contribution in [-0.2, 0) is 5.60 Å². The maximum atomic E-state index is 12.2. The average Bonchev–Trinajstić information content (AvgIpc) is 3.07. The zero-order valence-electron chi connectivity index (χ0n) is 13.1. The third-order valence-corrected chi connectivity index (χ3v) is 3.84. The van der Waals surface area contributed by atoms with Gasteiger partial charge in [-0.25, -0.2) is 0 Å². The summed E-state index contributed by atoms with van der Waals surface area (Å²) in [5.41, 5.74) is 0.113. The van der Waals surface area contributed by atoms with E-state index in [1.807, 2.05) is 6.07 Å². The molecule has 0 spiro atoms. The van der Waals surface area contributed by atoms with Crippen molar-refractivity contribution in [2.24, 2.45) is 0 Å². The highest BCUT2D eigenvalue weighted by atomic mass is 16.7. The van der Waals surface area contributed by atoms with Gasteiger partial charge in [0.15, 0.2) is 11.5 Å². The van der Waals surface area contributed by atoms with Crippen LogP contribution < -0.4 is 14.8 Å². The lowest BCUT2D eigenvalue weighted by Crippen LogP contribution is -2.38. The molecule has 2 aromatic carbocycles. The van der Waals surface area contributed by atoms with E-state index in [1.165, 1.54) is 6.07 Å². The Balaban J connectivity index is 1.70. The van der Waals surface area contributed by atoms with Crippen molar-refractivity contribution in [3.63, 3.8) is 0 Å². The van der Waals surface area contributed by atoms with Crippen LogP contribution in [0.4, 0.5) is 0 Å². The van der Waals surface area contributed by atoms with E-state index in [0.717, 1.165) is 0 Å². The fraction of sp³-hybridized carbons (Fsp3) is 0.222. The van der Waals surface area contributed by atoms with Crippen LogP contribution in [-0.4, -0.2) is 24.4 Å². The molecule has 0 aromatic heterocycles. The Hall–Kier alpha value is -3.04. The van der Waals surface area contributed by atoms with Gasteiger partial charge in [-0.15, -0.1) is 0 Å². The lowest BCUT2D eigenvalue weighted by atomic mass is 9.95. The van der Waals surface area contributed by atoms with Gasteiger partial charge in [-0.1, -0.05) is 12.1 Å². The highest BCUT2D eigenvalue weighted by Crippen LogP contribution is 2.35. The molecule has 0 bridgehead atoms. The van der Waals surface area contributed by atoms with Gasteiger partial charge < -0.3 is 19.9 Å². The second-order valence-electron chi connectivity index (χ2n) is 5.72. The third kappa shape index (κ3) is 3.16. The van der Waals surface area contributed by atoms with Crippen molar-refractivity contribution < 1.29 is 19.4 Å². The molecule has 0 fully saturated rings. The fourth-order valence-corrected chi connectivity index (χ4v) is 2.42. The molecule has 6 heteroatoms. The van der Waals surface area contributed by atoms with Crippen molar-refractivity contribution in [3.8, 4) is 17.6 Å². The van der Waals surface area contributed by atoms with Gasteiger partial charge >= 0.3 is 0 Å². The molecule has 0 saturated heterocycles. The Morgan fingerprint density at radius 1 is 1.29 bits per heavy atom. The number of nitrogens with one attached hydrogen (secondary N) is 1. The molecule has 2 aromatic rings. The van der Waals surface area contributed by atoms with E-state index in [4.69, 9.17) is 14.7 Å². The standard InChI is InChI=1S/C18H16N2O4/c1-18(22,14-5-6-15-16(8-14)24-11-23-15)10-20-17(21)13-4-2-3-12(7-13)9-19/h2-8,22H,10-11H2,1H3,(H,20,21). The van der Waals surface area contributed by atoms with E-state index in [2.05, 4.69) is 5.32 Å². The first-order chi connectivity index (χ1) is 11.5. The summed E-state index contributed by atoms with van der Waals surface area (Å²) in [5, 5.41) is 22.2. The summed E-state index contributed by atoms with van der Waals surface area (Å²) in [6.45, 7) is 1.78. The number of ether oxygens (including phenoxy) is 2. The molecule has 6 nitrogen and oxygen atoms in total. The zero-order chi connectivity index (χ0) is 17.2. The SMILES string of the molecule is CC(O)(CNC(=O)c1cccc(C#N)c1)c1ccc2c(c1)OCO2. The Labute approximate surface area is 139 Å². The van der Waals surface area contributed by atoms with Crippen molar-refractivity contribution in [1.82, 2.24) is 5.32 Å². The minimum absolute atomic E-state index is 0.0161. The highest BCUT2D eigenvalue weighted by molar-refractivity contribution is 5.94. The molecular weight excluding hydrogens is 308 g/mol. The molecular formula is C18H16N2O4. The molecule has 2 N–H and O–H groups in total. The summed E-state index contributed by atoms with van der Waals surface area (Å²) in [6.07, 6.45) is 0. The predicted molar refractivity (Wildman–Crippen MR) is 85.6 cm³/mol. The number of amides is 1. The monoisotopic (exact) mass is 324 g/mol. The Kier molecular flexibility index (Phi) is 4.11. The van der Waals surface area contributed by atoms with Crippen LogP contribution in [0.3, 0.4) is 0 Å². The number of nitrogens with zero attached hydrogens (tertiary/aromatic N) is 1. The largest absolute Gasteiger partial charge is 0.454 e. The van der Waals surface area contributed by atoms with Gasteiger partial charge in [0.25, 0.3) is 5.91 Å². The average molecular weight is 324 g/mol. The van der Waals surface area contributed by atoms with Crippen molar-refractivity contribution in [1.29, 1.82) is 5.26 Å². The van der Waals surface area contributed by atoms with Gasteiger partial charge in [-0.2, -0.15) is 5.26 Å². The summed E-state index contributed by atoms with van der Waals surface area (Å²) >= 11 is 0. The van der Waals surface area contributed by atoms with E-state index in [-0.39, 0.29) is 19.2 Å². The van der Waals surface area contributed by atoms with Gasteiger partial charge in [0.1, 0.15) is 5.60 Å². The number of hydrogen-bond donors (Lipinski definition) is 2. The van der Waals surface area contributed by atoms with E-state index >= 15 is 0 Å². The lowest BCUT2D eigenvalue weighted by Gasteiger charge is -2.24. The minimum atomic E-state index is -1.27. The summed E-state index contributed by atoms with van der Waals surface area (Å²) in [5.74, 6) is 0.848. The topological polar surface area (TPSA) is 91.6 Å². The van der Waals surface area contributed by atoms with E-state index in [9.17, 15) is 9.90 Å². The summed E-state index contributed by atoms with van der Waals surface area (Å²) in [7, 11) is 0. The van der Waals surface area contributed by atoms with E-state index < -0.39 is 5.60 Å². The van der Waals surface area contributed by atoms with Crippen LogP contribution in [0.25, 0.3) is 0 Å². The van der Waals surface area contributed by atoms with Crippen LogP contribution >= 0.6 is 0 Å². The minimum Gasteiger partial charge on any atom is -0.454 e. The predicted octanol–water partition coefficient (Wildman–Crippen LogP) is 1.92. The molecule has 1 heterocycles. The number of hydrogen-bond acceptors (Lipinski definition) is 5. The summed E-state index contributed by atoms with van der Waals surface area (Å²) in [6, 6.07) is 13.5. The molecule has 1 aliphatic heterocycles. The van der Waals surface area contributed by atoms with Crippen molar-refractivity contribution in [2.75, 3.05) is 13.3 Å². The first-order valence-electron chi connectivity index (χ1n) is 7.40. The smallest absolute Gasteiger partial charge is 0.251 e. The maximum Gasteiger partial charge on any atom is 0.251 e. The fourth-order valence-electron chi connectivity index (χ4n) is 2.42. The van der Waals surface area contributed by atoms with Gasteiger partial charge in [-0.05, 0) is 42.8 Å². The molecule has 122 valence electrons. The molecule has 24 heavy (non-hydrogen) atoms. The Bertz CT molecular complexity index is 824. The maximum absolute atomic E-state index is 12.2. The number of nitriles is 1. The van der Waals surface area contributed by atoms with E-state index in [0.29, 0.717) is 28.2 Å². The number of carbonyl (C=O) groups excluding carboxylic acids is 1. The second-order valence-corrected chi connectivity index (χ2v) is 5.72. The molecule has 3 rings (SSSR count). The lowest BCUT2D eigenvalue weighted by molar-refractivity contribution is 0.0525. The number of benzene rings is 2. The quantitative estimate of drug-likeness (QED) is 0.896. The van der Waals surface area contributed by atoms with Gasteiger partial charge in [-0.3, -0.25) is 4.79 Å². The number of rotatable bonds is 4. The number of carbonyl (C=O) groups is 1. The summed E-state index contributed by atoms with van der Waals surface area (Å²) in [4.78, 5) is 12.2. The van der Waals surface area contributed by atoms with E-state index in [1.54, 1.807) is 43.3 Å². The van der Waals surface area contributed by atoms with Crippen LogP contribution in [0.2, 0.25) is 0 Å². The molecule has 1 aliphatic rings. The zero-order valence-corrected chi connectivity index (χ0v) is 13.1. The van der Waals surface area contributed by atoms with Crippen LogP contribution in [0.15, 0.2) is 42.5 Å². The van der Waals surface area contributed by atoms with Gasteiger partial charge in [0.05, 0.1) is 18.2 Å². The molecule has 0 aliphatic carbocycles. The van der Waals surface area contributed by atoms with Crippen LogP contribution in [0.5, 0.6) is 11.5 Å². The van der Waals surface area contributed by atoms with Crippen LogP contribution in [0, 0.1) is 11.3 Å². The molecule has 1 amide bonds. The molecule has 0 radical (unpaired) electrons.